The Bertz CT molecular complexity index is 1080. The van der Waals surface area contributed by atoms with Crippen LogP contribution in [0.4, 0.5) is 13.2 Å². The fourth-order valence-corrected chi connectivity index (χ4v) is 8.16. The molecule has 0 heterocycles. The normalized spacial score (nSPS) is 32.1. The van der Waals surface area contributed by atoms with Crippen LogP contribution < -0.4 is 4.74 Å². The predicted octanol–water partition coefficient (Wildman–Crippen LogP) is 10.8. The van der Waals surface area contributed by atoms with Crippen LogP contribution in [0.3, 0.4) is 0 Å². The summed E-state index contributed by atoms with van der Waals surface area (Å²) in [7, 11) is 0. The molecule has 4 aliphatic carbocycles. The molecule has 6 rings (SSSR count). The minimum atomic E-state index is -3.28. The smallest absolute Gasteiger partial charge is 0.400 e. The minimum Gasteiger partial charge on any atom is -0.432 e. The number of benzene rings is 2. The van der Waals surface area contributed by atoms with Crippen molar-refractivity contribution in [2.45, 2.75) is 109 Å². The van der Waals surface area contributed by atoms with Gasteiger partial charge in [-0.15, -0.1) is 0 Å². The molecule has 0 amide bonds. The first-order valence-corrected chi connectivity index (χ1v) is 15.8. The number of alkyl halides is 2. The highest BCUT2D eigenvalue weighted by atomic mass is 19.3. The number of halogens is 3. The van der Waals surface area contributed by atoms with Crippen LogP contribution in [0.2, 0.25) is 0 Å². The molecule has 0 unspecified atom stereocenters. The monoisotopic (exact) mass is 538 g/mol. The second kappa shape index (κ2) is 11.5. The highest BCUT2D eigenvalue weighted by molar-refractivity contribution is 5.65. The standard InChI is InChI=1S/C35H45F3O/c1-23-2-4-24(5-3-23)25-6-10-27(11-7-25)29-16-18-31(19-17-29)35(37,38)39-32-20-21-33(34(36)22-32)30-14-12-28(13-15-30)26-8-9-26/h12-15,20-27,29,31H,2-11,16-19H2,1H3. The van der Waals surface area contributed by atoms with Crippen LogP contribution in [-0.4, -0.2) is 6.11 Å². The largest absolute Gasteiger partial charge is 0.432 e. The summed E-state index contributed by atoms with van der Waals surface area (Å²) in [5, 5.41) is 0. The summed E-state index contributed by atoms with van der Waals surface area (Å²) in [5.41, 5.74) is 2.47. The molecule has 39 heavy (non-hydrogen) atoms. The highest BCUT2D eigenvalue weighted by Gasteiger charge is 2.45. The van der Waals surface area contributed by atoms with E-state index >= 15 is 8.78 Å². The van der Waals surface area contributed by atoms with Crippen LogP contribution in [0.5, 0.6) is 5.75 Å². The molecule has 1 nitrogen and oxygen atoms in total. The van der Waals surface area contributed by atoms with Gasteiger partial charge < -0.3 is 4.74 Å². The van der Waals surface area contributed by atoms with E-state index in [9.17, 15) is 4.39 Å². The topological polar surface area (TPSA) is 9.23 Å². The van der Waals surface area contributed by atoms with Gasteiger partial charge in [-0.05, 0) is 136 Å². The van der Waals surface area contributed by atoms with Gasteiger partial charge in [0.15, 0.2) is 0 Å². The summed E-state index contributed by atoms with van der Waals surface area (Å²) in [6, 6.07) is 12.1. The summed E-state index contributed by atoms with van der Waals surface area (Å²) in [6.07, 6.45) is 12.8. The lowest BCUT2D eigenvalue weighted by Gasteiger charge is -2.41. The molecule has 2 aromatic carbocycles. The van der Waals surface area contributed by atoms with Gasteiger partial charge >= 0.3 is 6.11 Å². The molecule has 0 bridgehead atoms. The van der Waals surface area contributed by atoms with Crippen molar-refractivity contribution < 1.29 is 17.9 Å². The van der Waals surface area contributed by atoms with E-state index in [-0.39, 0.29) is 5.75 Å². The average molecular weight is 539 g/mol. The quantitative estimate of drug-likeness (QED) is 0.341. The molecular weight excluding hydrogens is 493 g/mol. The van der Waals surface area contributed by atoms with Gasteiger partial charge in [0.2, 0.25) is 0 Å². The lowest BCUT2D eigenvalue weighted by molar-refractivity contribution is -0.224. The molecule has 0 aliphatic heterocycles. The van der Waals surface area contributed by atoms with Crippen LogP contribution in [0, 0.1) is 41.3 Å². The van der Waals surface area contributed by atoms with Crippen LogP contribution in [0.25, 0.3) is 11.1 Å². The molecule has 0 atom stereocenters. The molecule has 4 aliphatic rings. The fourth-order valence-electron chi connectivity index (χ4n) is 8.16. The Morgan fingerprint density at radius 1 is 0.641 bits per heavy atom. The zero-order valence-electron chi connectivity index (χ0n) is 23.5. The highest BCUT2D eigenvalue weighted by Crippen LogP contribution is 2.48. The molecule has 4 heteroatoms. The summed E-state index contributed by atoms with van der Waals surface area (Å²) in [5.74, 6) is 3.25. The first-order valence-electron chi connectivity index (χ1n) is 15.8. The zero-order valence-corrected chi connectivity index (χ0v) is 23.5. The van der Waals surface area contributed by atoms with E-state index in [0.29, 0.717) is 36.2 Å². The van der Waals surface area contributed by atoms with Gasteiger partial charge in [0.1, 0.15) is 11.6 Å². The maximum absolute atomic E-state index is 15.2. The molecular formula is C35H45F3O. The van der Waals surface area contributed by atoms with Crippen molar-refractivity contribution in [3.63, 3.8) is 0 Å². The molecule has 4 fully saturated rings. The predicted molar refractivity (Wildman–Crippen MR) is 151 cm³/mol. The molecule has 0 radical (unpaired) electrons. The third-order valence-corrected chi connectivity index (χ3v) is 10.9. The second-order valence-electron chi connectivity index (χ2n) is 13.5. The van der Waals surface area contributed by atoms with Gasteiger partial charge in [-0.1, -0.05) is 44.0 Å². The van der Waals surface area contributed by atoms with E-state index in [0.717, 1.165) is 42.2 Å². The number of ether oxygens (including phenoxy) is 1. The molecule has 4 saturated carbocycles. The zero-order chi connectivity index (χ0) is 27.0. The van der Waals surface area contributed by atoms with Crippen LogP contribution in [0.1, 0.15) is 108 Å². The Kier molecular flexibility index (Phi) is 8.02. The van der Waals surface area contributed by atoms with Crippen molar-refractivity contribution in [2.24, 2.45) is 35.5 Å². The van der Waals surface area contributed by atoms with Gasteiger partial charge in [0, 0.05) is 11.6 Å². The van der Waals surface area contributed by atoms with E-state index < -0.39 is 17.8 Å². The van der Waals surface area contributed by atoms with Gasteiger partial charge in [-0.3, -0.25) is 0 Å². The van der Waals surface area contributed by atoms with Crippen molar-refractivity contribution in [3.8, 4) is 16.9 Å². The Morgan fingerprint density at radius 3 is 1.67 bits per heavy atom. The second-order valence-corrected chi connectivity index (χ2v) is 13.5. The Balaban J connectivity index is 0.991. The molecule has 0 aromatic heterocycles. The van der Waals surface area contributed by atoms with Crippen LogP contribution >= 0.6 is 0 Å². The third kappa shape index (κ3) is 6.35. The lowest BCUT2D eigenvalue weighted by Crippen LogP contribution is -2.38. The molecule has 0 spiro atoms. The Labute approximate surface area is 232 Å². The Morgan fingerprint density at radius 2 is 1.15 bits per heavy atom. The van der Waals surface area contributed by atoms with E-state index in [1.807, 2.05) is 24.3 Å². The number of hydrogen-bond acceptors (Lipinski definition) is 1. The maximum Gasteiger partial charge on any atom is 0.400 e. The van der Waals surface area contributed by atoms with E-state index in [1.165, 1.54) is 75.8 Å². The van der Waals surface area contributed by atoms with Crippen molar-refractivity contribution in [1.82, 2.24) is 0 Å². The van der Waals surface area contributed by atoms with Crippen molar-refractivity contribution in [2.75, 3.05) is 0 Å². The van der Waals surface area contributed by atoms with Crippen molar-refractivity contribution >= 4 is 0 Å². The van der Waals surface area contributed by atoms with Crippen molar-refractivity contribution in [1.29, 1.82) is 0 Å². The SMILES string of the molecule is CC1CCC(C2CCC(C3CCC(C(F)(F)Oc4ccc(-c5ccc(C6CC6)cc5)c(F)c4)CC3)CC2)CC1. The summed E-state index contributed by atoms with van der Waals surface area (Å²) < 4.78 is 50.5. The molecule has 0 N–H and O–H groups in total. The third-order valence-electron chi connectivity index (χ3n) is 10.9. The fraction of sp³-hybridized carbons (Fsp3) is 0.657. The summed E-state index contributed by atoms with van der Waals surface area (Å²) in [6.45, 7) is 2.39. The van der Waals surface area contributed by atoms with Gasteiger partial charge in [-0.2, -0.15) is 8.78 Å². The minimum absolute atomic E-state index is 0.0894. The van der Waals surface area contributed by atoms with E-state index in [1.54, 1.807) is 6.07 Å². The first-order chi connectivity index (χ1) is 18.9. The van der Waals surface area contributed by atoms with E-state index in [4.69, 9.17) is 4.74 Å². The maximum atomic E-state index is 15.2. The van der Waals surface area contributed by atoms with Crippen LogP contribution in [-0.2, 0) is 0 Å². The van der Waals surface area contributed by atoms with Crippen LogP contribution in [0.15, 0.2) is 42.5 Å². The number of hydrogen-bond donors (Lipinski definition) is 0. The Hall–Kier alpha value is -1.97. The summed E-state index contributed by atoms with van der Waals surface area (Å²) >= 11 is 0. The van der Waals surface area contributed by atoms with Crippen molar-refractivity contribution in [3.05, 3.63) is 53.8 Å². The lowest BCUT2D eigenvalue weighted by atomic mass is 9.65. The number of rotatable bonds is 7. The van der Waals surface area contributed by atoms with Gasteiger partial charge in [-0.25, -0.2) is 4.39 Å². The molecule has 212 valence electrons. The first kappa shape index (κ1) is 27.2. The molecule has 2 aromatic rings. The van der Waals surface area contributed by atoms with Gasteiger partial charge in [0.05, 0.1) is 5.92 Å². The average Bonchev–Trinajstić information content (AvgIpc) is 3.80. The molecule has 0 saturated heterocycles. The van der Waals surface area contributed by atoms with Gasteiger partial charge in [0.25, 0.3) is 0 Å². The van der Waals surface area contributed by atoms with E-state index in [2.05, 4.69) is 6.92 Å². The summed E-state index contributed by atoms with van der Waals surface area (Å²) in [4.78, 5) is 0.